The molecule has 2 rings (SSSR count). The highest BCUT2D eigenvalue weighted by molar-refractivity contribution is 9.10. The van der Waals surface area contributed by atoms with Gasteiger partial charge in [-0.1, -0.05) is 15.9 Å². The highest BCUT2D eigenvalue weighted by Crippen LogP contribution is 2.17. The van der Waals surface area contributed by atoms with Crippen LogP contribution in [0.2, 0.25) is 0 Å². The van der Waals surface area contributed by atoms with E-state index in [1.54, 1.807) is 29.2 Å². The molecule has 0 aliphatic carbocycles. The Hall–Kier alpha value is -2.09. The number of benzene rings is 1. The van der Waals surface area contributed by atoms with Crippen LogP contribution in [0.5, 0.6) is 0 Å². The van der Waals surface area contributed by atoms with Crippen LogP contribution in [0.15, 0.2) is 28.7 Å². The molecule has 1 saturated heterocycles. The van der Waals surface area contributed by atoms with Gasteiger partial charge in [-0.15, -0.1) is 0 Å². The predicted octanol–water partition coefficient (Wildman–Crippen LogP) is 1.69. The quantitative estimate of drug-likeness (QED) is 0.658. The molecule has 0 bridgehead atoms. The molecule has 0 radical (unpaired) electrons. The van der Waals surface area contributed by atoms with Crippen LogP contribution < -0.4 is 10.6 Å². The van der Waals surface area contributed by atoms with Gasteiger partial charge in [0.05, 0.1) is 5.92 Å². The van der Waals surface area contributed by atoms with Crippen LogP contribution in [0.4, 0.5) is 4.79 Å². The number of amides is 3. The van der Waals surface area contributed by atoms with Gasteiger partial charge < -0.3 is 20.6 Å². The lowest BCUT2D eigenvalue weighted by Gasteiger charge is -2.30. The van der Waals surface area contributed by atoms with Gasteiger partial charge in [-0.2, -0.15) is 0 Å². The third-order valence-electron chi connectivity index (χ3n) is 3.92. The van der Waals surface area contributed by atoms with Crippen molar-refractivity contribution in [2.45, 2.75) is 12.8 Å². The summed E-state index contributed by atoms with van der Waals surface area (Å²) in [7, 11) is 0. The average Bonchev–Trinajstić information content (AvgIpc) is 2.59. The molecule has 1 aliphatic heterocycles. The fourth-order valence-electron chi connectivity index (χ4n) is 2.49. The summed E-state index contributed by atoms with van der Waals surface area (Å²) in [5, 5.41) is 14.4. The molecule has 7 nitrogen and oxygen atoms in total. The molecule has 0 atom stereocenters. The fraction of sp³-hybridized carbons (Fsp3) is 0.438. The minimum atomic E-state index is -0.800. The van der Waals surface area contributed by atoms with Gasteiger partial charge in [-0.25, -0.2) is 4.79 Å². The van der Waals surface area contributed by atoms with Crippen molar-refractivity contribution in [1.29, 1.82) is 0 Å². The van der Waals surface area contributed by atoms with E-state index in [0.717, 1.165) is 4.47 Å². The van der Waals surface area contributed by atoms with Crippen LogP contribution in [-0.4, -0.2) is 54.1 Å². The summed E-state index contributed by atoms with van der Waals surface area (Å²) in [6, 6.07) is 6.78. The van der Waals surface area contributed by atoms with E-state index in [9.17, 15) is 14.4 Å². The fourth-order valence-corrected chi connectivity index (χ4v) is 2.75. The summed E-state index contributed by atoms with van der Waals surface area (Å²) in [4.78, 5) is 36.4. The first-order valence-corrected chi connectivity index (χ1v) is 8.56. The van der Waals surface area contributed by atoms with Crippen molar-refractivity contribution < 1.29 is 19.5 Å². The van der Waals surface area contributed by atoms with Gasteiger partial charge >= 0.3 is 12.0 Å². The number of carbonyl (C=O) groups is 3. The number of carboxylic acid groups (broad SMARTS) is 1. The molecule has 0 unspecified atom stereocenters. The van der Waals surface area contributed by atoms with Crippen molar-refractivity contribution >= 4 is 33.8 Å². The zero-order valence-electron chi connectivity index (χ0n) is 13.1. The molecular formula is C16H20BrN3O4. The summed E-state index contributed by atoms with van der Waals surface area (Å²) >= 11 is 3.31. The first kappa shape index (κ1) is 18.3. The van der Waals surface area contributed by atoms with Crippen molar-refractivity contribution in [2.24, 2.45) is 5.92 Å². The molecule has 1 heterocycles. The molecule has 130 valence electrons. The van der Waals surface area contributed by atoms with Gasteiger partial charge in [0, 0.05) is 36.2 Å². The lowest BCUT2D eigenvalue weighted by atomic mass is 9.97. The Labute approximate surface area is 148 Å². The van der Waals surface area contributed by atoms with Gasteiger partial charge in [0.1, 0.15) is 0 Å². The summed E-state index contributed by atoms with van der Waals surface area (Å²) in [5.74, 6) is -1.36. The second kappa shape index (κ2) is 8.68. The molecule has 1 fully saturated rings. The van der Waals surface area contributed by atoms with Crippen molar-refractivity contribution in [3.05, 3.63) is 34.3 Å². The van der Waals surface area contributed by atoms with E-state index in [0.29, 0.717) is 44.6 Å². The van der Waals surface area contributed by atoms with Gasteiger partial charge in [-0.05, 0) is 37.1 Å². The van der Waals surface area contributed by atoms with E-state index >= 15 is 0 Å². The van der Waals surface area contributed by atoms with Crippen molar-refractivity contribution in [3.8, 4) is 0 Å². The number of rotatable bonds is 5. The summed E-state index contributed by atoms with van der Waals surface area (Å²) < 4.78 is 0.901. The number of hydrogen-bond acceptors (Lipinski definition) is 3. The molecule has 1 aliphatic rings. The Morgan fingerprint density at radius 3 is 2.25 bits per heavy atom. The Morgan fingerprint density at radius 2 is 1.67 bits per heavy atom. The van der Waals surface area contributed by atoms with Crippen molar-refractivity contribution in [2.75, 3.05) is 26.2 Å². The molecule has 24 heavy (non-hydrogen) atoms. The number of nitrogens with one attached hydrogen (secondary N) is 2. The lowest BCUT2D eigenvalue weighted by molar-refractivity contribution is -0.143. The molecule has 8 heteroatoms. The number of carboxylic acids is 1. The monoisotopic (exact) mass is 397 g/mol. The predicted molar refractivity (Wildman–Crippen MR) is 91.8 cm³/mol. The number of carbonyl (C=O) groups excluding carboxylic acids is 2. The van der Waals surface area contributed by atoms with E-state index in [4.69, 9.17) is 5.11 Å². The van der Waals surface area contributed by atoms with Gasteiger partial charge in [0.15, 0.2) is 0 Å². The number of hydrogen-bond donors (Lipinski definition) is 3. The SMILES string of the molecule is O=C(NCCNC(=O)N1CCC(C(=O)O)CC1)c1ccc(Br)cc1. The van der Waals surface area contributed by atoms with Crippen LogP contribution in [0.1, 0.15) is 23.2 Å². The zero-order chi connectivity index (χ0) is 17.5. The molecule has 1 aromatic rings. The number of nitrogens with zero attached hydrogens (tertiary/aromatic N) is 1. The minimum Gasteiger partial charge on any atom is -0.481 e. The highest BCUT2D eigenvalue weighted by atomic mass is 79.9. The Bertz CT molecular complexity index is 598. The van der Waals surface area contributed by atoms with E-state index in [1.165, 1.54) is 0 Å². The maximum atomic E-state index is 12.0. The second-order valence-electron chi connectivity index (χ2n) is 5.59. The van der Waals surface area contributed by atoms with E-state index in [2.05, 4.69) is 26.6 Å². The zero-order valence-corrected chi connectivity index (χ0v) is 14.7. The molecule has 1 aromatic carbocycles. The van der Waals surface area contributed by atoms with E-state index in [-0.39, 0.29) is 17.9 Å². The van der Waals surface area contributed by atoms with Crippen LogP contribution in [0.3, 0.4) is 0 Å². The Balaban J connectivity index is 1.65. The standard InChI is InChI=1S/C16H20BrN3O4/c17-13-3-1-11(2-4-13)14(21)18-7-8-19-16(24)20-9-5-12(6-10-20)15(22)23/h1-4,12H,5-10H2,(H,18,21)(H,19,24)(H,22,23). The number of likely N-dealkylation sites (tertiary alicyclic amines) is 1. The second-order valence-corrected chi connectivity index (χ2v) is 6.51. The van der Waals surface area contributed by atoms with Crippen LogP contribution in [-0.2, 0) is 4.79 Å². The van der Waals surface area contributed by atoms with Crippen LogP contribution >= 0.6 is 15.9 Å². The summed E-state index contributed by atoms with van der Waals surface area (Å²) in [6.07, 6.45) is 0.951. The number of halogens is 1. The topological polar surface area (TPSA) is 98.7 Å². The van der Waals surface area contributed by atoms with Crippen molar-refractivity contribution in [3.63, 3.8) is 0 Å². The van der Waals surface area contributed by atoms with Crippen LogP contribution in [0, 0.1) is 5.92 Å². The number of piperidine rings is 1. The lowest BCUT2D eigenvalue weighted by Crippen LogP contribution is -2.47. The van der Waals surface area contributed by atoms with Gasteiger partial charge in [0.2, 0.25) is 0 Å². The normalized spacial score (nSPS) is 15.0. The van der Waals surface area contributed by atoms with Gasteiger partial charge in [0.25, 0.3) is 5.91 Å². The maximum absolute atomic E-state index is 12.0. The molecule has 0 aromatic heterocycles. The Morgan fingerprint density at radius 1 is 1.08 bits per heavy atom. The molecule has 0 saturated carbocycles. The van der Waals surface area contributed by atoms with Crippen LogP contribution in [0.25, 0.3) is 0 Å². The number of aliphatic carboxylic acids is 1. The maximum Gasteiger partial charge on any atom is 0.317 e. The summed E-state index contributed by atoms with van der Waals surface area (Å²) in [5.41, 5.74) is 0.556. The van der Waals surface area contributed by atoms with Gasteiger partial charge in [-0.3, -0.25) is 9.59 Å². The third kappa shape index (κ3) is 5.23. The largest absolute Gasteiger partial charge is 0.481 e. The van der Waals surface area contributed by atoms with E-state index in [1.807, 2.05) is 0 Å². The molecular weight excluding hydrogens is 378 g/mol. The first-order chi connectivity index (χ1) is 11.5. The number of urea groups is 1. The smallest absolute Gasteiger partial charge is 0.317 e. The third-order valence-corrected chi connectivity index (χ3v) is 4.45. The highest BCUT2D eigenvalue weighted by Gasteiger charge is 2.26. The Kier molecular flexibility index (Phi) is 6.60. The molecule has 3 N–H and O–H groups in total. The van der Waals surface area contributed by atoms with Crippen molar-refractivity contribution in [1.82, 2.24) is 15.5 Å². The first-order valence-electron chi connectivity index (χ1n) is 7.76. The molecule has 0 spiro atoms. The molecule has 3 amide bonds. The average molecular weight is 398 g/mol. The van der Waals surface area contributed by atoms with E-state index < -0.39 is 5.97 Å². The minimum absolute atomic E-state index is 0.195. The summed E-state index contributed by atoms with van der Waals surface area (Å²) in [6.45, 7) is 1.52.